The first-order valence-corrected chi connectivity index (χ1v) is 7.01. The van der Waals surface area contributed by atoms with Gasteiger partial charge in [-0.2, -0.15) is 10.4 Å². The largest absolute Gasteiger partial charge is 0.286 e. The summed E-state index contributed by atoms with van der Waals surface area (Å²) in [6.07, 6.45) is 0. The number of carbonyl (C=O) groups excluding carboxylic acids is 1. The number of hydrogen-bond acceptors (Lipinski definition) is 4. The molecule has 2 rings (SSSR count). The molecule has 0 aliphatic heterocycles. The number of nitrogens with one attached hydrogen (secondary N) is 1. The molecule has 0 fully saturated rings. The van der Waals surface area contributed by atoms with Gasteiger partial charge in [0, 0.05) is 10.6 Å². The highest BCUT2D eigenvalue weighted by molar-refractivity contribution is 6.51. The van der Waals surface area contributed by atoms with Crippen LogP contribution in [0.15, 0.2) is 47.6 Å². The lowest BCUT2D eigenvalue weighted by atomic mass is 10.1. The van der Waals surface area contributed by atoms with Gasteiger partial charge in [-0.1, -0.05) is 47.5 Å². The Bertz CT molecular complexity index is 773. The van der Waals surface area contributed by atoms with E-state index in [1.807, 2.05) is 32.0 Å². The normalized spacial score (nSPS) is 10.9. The molecule has 4 nitrogen and oxygen atoms in total. The Kier molecular flexibility index (Phi) is 4.92. The summed E-state index contributed by atoms with van der Waals surface area (Å²) in [5, 5.41) is 13.6. The van der Waals surface area contributed by atoms with E-state index in [2.05, 4.69) is 10.5 Å². The van der Waals surface area contributed by atoms with Crippen molar-refractivity contribution < 1.29 is 4.79 Å². The Balaban J connectivity index is 2.24. The van der Waals surface area contributed by atoms with Crippen LogP contribution < -0.4 is 5.43 Å². The molecule has 0 spiro atoms. The number of benzene rings is 2. The molecule has 2 aromatic rings. The second-order valence-corrected chi connectivity index (χ2v) is 5.20. The summed E-state index contributed by atoms with van der Waals surface area (Å²) >= 11 is 6.02. The van der Waals surface area contributed by atoms with Crippen molar-refractivity contribution in [3.05, 3.63) is 64.2 Å². The predicted molar refractivity (Wildman–Crippen MR) is 88.4 cm³/mol. The monoisotopic (exact) mass is 311 g/mol. The van der Waals surface area contributed by atoms with Gasteiger partial charge in [-0.05, 0) is 31.5 Å². The molecule has 0 saturated heterocycles. The van der Waals surface area contributed by atoms with Gasteiger partial charge in [0.1, 0.15) is 6.07 Å². The van der Waals surface area contributed by atoms with Gasteiger partial charge in [0.05, 0.1) is 5.69 Å². The molecule has 0 amide bonds. The van der Waals surface area contributed by atoms with E-state index >= 15 is 0 Å². The highest BCUT2D eigenvalue weighted by Gasteiger charge is 2.14. The summed E-state index contributed by atoms with van der Waals surface area (Å²) in [7, 11) is 0. The molecule has 110 valence electrons. The summed E-state index contributed by atoms with van der Waals surface area (Å²) < 4.78 is 0. The Morgan fingerprint density at radius 3 is 2.50 bits per heavy atom. The first-order valence-electron chi connectivity index (χ1n) is 6.63. The molecule has 2 aromatic carbocycles. The zero-order chi connectivity index (χ0) is 16.1. The number of aryl methyl sites for hydroxylation is 1. The fourth-order valence-corrected chi connectivity index (χ4v) is 1.99. The van der Waals surface area contributed by atoms with Gasteiger partial charge in [0.25, 0.3) is 0 Å². The van der Waals surface area contributed by atoms with Crippen LogP contribution in [-0.4, -0.2) is 11.5 Å². The molecule has 0 heterocycles. The Morgan fingerprint density at radius 2 is 1.86 bits per heavy atom. The summed E-state index contributed by atoms with van der Waals surface area (Å²) in [4.78, 5) is 12.2. The first-order chi connectivity index (χ1) is 10.5. The van der Waals surface area contributed by atoms with Crippen LogP contribution in [0.1, 0.15) is 21.5 Å². The Hall–Kier alpha value is -2.64. The van der Waals surface area contributed by atoms with Crippen LogP contribution in [0.5, 0.6) is 0 Å². The van der Waals surface area contributed by atoms with Crippen molar-refractivity contribution in [1.82, 2.24) is 0 Å². The second-order valence-electron chi connectivity index (χ2n) is 4.79. The van der Waals surface area contributed by atoms with Gasteiger partial charge in [-0.15, -0.1) is 0 Å². The van der Waals surface area contributed by atoms with E-state index in [1.54, 1.807) is 30.3 Å². The van der Waals surface area contributed by atoms with Gasteiger partial charge in [-0.25, -0.2) is 0 Å². The molecule has 0 saturated carbocycles. The number of halogens is 1. The topological polar surface area (TPSA) is 65.2 Å². The first kappa shape index (κ1) is 15.7. The van der Waals surface area contributed by atoms with Gasteiger partial charge < -0.3 is 0 Å². The molecule has 0 bridgehead atoms. The molecule has 22 heavy (non-hydrogen) atoms. The van der Waals surface area contributed by atoms with Crippen LogP contribution in [-0.2, 0) is 0 Å². The van der Waals surface area contributed by atoms with Crippen molar-refractivity contribution in [2.75, 3.05) is 5.43 Å². The van der Waals surface area contributed by atoms with Crippen LogP contribution in [0, 0.1) is 25.2 Å². The average molecular weight is 312 g/mol. The van der Waals surface area contributed by atoms with Crippen LogP contribution in [0.4, 0.5) is 5.69 Å². The molecule has 0 atom stereocenters. The minimum absolute atomic E-state index is 0.205. The third-order valence-corrected chi connectivity index (χ3v) is 3.60. The van der Waals surface area contributed by atoms with Gasteiger partial charge in [-0.3, -0.25) is 10.2 Å². The molecule has 0 aliphatic rings. The van der Waals surface area contributed by atoms with Gasteiger partial charge in [0.2, 0.25) is 11.5 Å². The van der Waals surface area contributed by atoms with E-state index in [1.165, 1.54) is 0 Å². The average Bonchev–Trinajstić information content (AvgIpc) is 2.52. The van der Waals surface area contributed by atoms with Crippen LogP contribution in [0.2, 0.25) is 5.02 Å². The number of hydrazone groups is 1. The van der Waals surface area contributed by atoms with E-state index in [0.717, 1.165) is 11.1 Å². The van der Waals surface area contributed by atoms with Crippen LogP contribution in [0.25, 0.3) is 0 Å². The highest BCUT2D eigenvalue weighted by Crippen LogP contribution is 2.22. The van der Waals surface area contributed by atoms with Crippen molar-refractivity contribution >= 4 is 28.8 Å². The molecule has 0 unspecified atom stereocenters. The minimum atomic E-state index is -0.422. The number of anilines is 1. The Morgan fingerprint density at radius 1 is 1.18 bits per heavy atom. The van der Waals surface area contributed by atoms with Crippen LogP contribution >= 0.6 is 11.6 Å². The molecule has 0 aliphatic carbocycles. The van der Waals surface area contributed by atoms with E-state index in [9.17, 15) is 4.79 Å². The number of rotatable bonds is 4. The quantitative estimate of drug-likeness (QED) is 0.524. The van der Waals surface area contributed by atoms with Crippen molar-refractivity contribution in [2.24, 2.45) is 5.10 Å². The van der Waals surface area contributed by atoms with E-state index in [4.69, 9.17) is 16.9 Å². The van der Waals surface area contributed by atoms with E-state index in [-0.39, 0.29) is 5.71 Å². The maximum absolute atomic E-state index is 12.2. The lowest BCUT2D eigenvalue weighted by Crippen LogP contribution is -2.14. The molecule has 0 aromatic heterocycles. The molecular weight excluding hydrogens is 298 g/mol. The number of Topliss-reactive ketones (excluding diaryl/α,β-unsaturated/α-hetero) is 1. The van der Waals surface area contributed by atoms with Crippen molar-refractivity contribution in [3.8, 4) is 6.07 Å². The third kappa shape index (κ3) is 3.51. The van der Waals surface area contributed by atoms with E-state index in [0.29, 0.717) is 16.3 Å². The maximum atomic E-state index is 12.2. The third-order valence-electron chi connectivity index (χ3n) is 3.19. The lowest BCUT2D eigenvalue weighted by molar-refractivity contribution is 0.106. The summed E-state index contributed by atoms with van der Waals surface area (Å²) in [5.74, 6) is -0.422. The molecular formula is C17H14ClN3O. The predicted octanol–water partition coefficient (Wildman–Crippen LogP) is 4.13. The summed E-state index contributed by atoms with van der Waals surface area (Å²) in [6, 6.07) is 14.1. The number of hydrogen-bond donors (Lipinski definition) is 1. The Labute approximate surface area is 134 Å². The van der Waals surface area contributed by atoms with Crippen molar-refractivity contribution in [3.63, 3.8) is 0 Å². The zero-order valence-corrected chi connectivity index (χ0v) is 13.0. The van der Waals surface area contributed by atoms with Crippen LogP contribution in [0.3, 0.4) is 0 Å². The molecule has 5 heteroatoms. The number of carbonyl (C=O) groups is 1. The lowest BCUT2D eigenvalue weighted by Gasteiger charge is -2.06. The van der Waals surface area contributed by atoms with E-state index < -0.39 is 5.78 Å². The SMILES string of the molecule is Cc1ccc(C(=O)/C(C#N)=N/Nc2cccc(Cl)c2C)cc1. The molecule has 0 radical (unpaired) electrons. The second kappa shape index (κ2) is 6.88. The fourth-order valence-electron chi connectivity index (χ4n) is 1.81. The maximum Gasteiger partial charge on any atom is 0.223 e. The minimum Gasteiger partial charge on any atom is -0.286 e. The summed E-state index contributed by atoms with van der Waals surface area (Å²) in [5.41, 5.74) is 5.44. The van der Waals surface area contributed by atoms with Crippen molar-refractivity contribution in [2.45, 2.75) is 13.8 Å². The number of ketones is 1. The highest BCUT2D eigenvalue weighted by atomic mass is 35.5. The summed E-state index contributed by atoms with van der Waals surface area (Å²) in [6.45, 7) is 3.76. The smallest absolute Gasteiger partial charge is 0.223 e. The van der Waals surface area contributed by atoms with Crippen molar-refractivity contribution in [1.29, 1.82) is 5.26 Å². The van der Waals surface area contributed by atoms with Gasteiger partial charge in [0.15, 0.2) is 0 Å². The fraction of sp³-hybridized carbons (Fsp3) is 0.118. The molecule has 1 N–H and O–H groups in total. The zero-order valence-electron chi connectivity index (χ0n) is 12.2. The van der Waals surface area contributed by atoms with Gasteiger partial charge >= 0.3 is 0 Å². The number of nitriles is 1. The standard InChI is InChI=1S/C17H14ClN3O/c1-11-6-8-13(9-7-11)17(22)16(10-19)21-20-15-5-3-4-14(18)12(15)2/h3-9,20H,1-2H3/b21-16+. The number of nitrogens with zero attached hydrogens (tertiary/aromatic N) is 2.